The molecule has 0 aliphatic carbocycles. The highest BCUT2D eigenvalue weighted by Gasteiger charge is 2.15. The van der Waals surface area contributed by atoms with Crippen molar-refractivity contribution in [3.05, 3.63) is 56.6 Å². The van der Waals surface area contributed by atoms with Gasteiger partial charge in [-0.05, 0) is 58.5 Å². The minimum absolute atomic E-state index is 0.148. The molecule has 0 saturated carbocycles. The quantitative estimate of drug-likeness (QED) is 0.747. The van der Waals surface area contributed by atoms with Crippen LogP contribution in [0.15, 0.2) is 47.4 Å². The number of rotatable bonds is 4. The van der Waals surface area contributed by atoms with Crippen LogP contribution in [0.3, 0.4) is 0 Å². The van der Waals surface area contributed by atoms with Crippen LogP contribution in [0, 0.1) is 14.9 Å². The molecule has 0 aromatic heterocycles. The fourth-order valence-electron chi connectivity index (χ4n) is 1.65. The van der Waals surface area contributed by atoms with E-state index in [0.717, 1.165) is 5.56 Å². The van der Waals surface area contributed by atoms with Crippen LogP contribution in [-0.2, 0) is 16.4 Å². The molecule has 0 aliphatic rings. The average Bonchev–Trinajstić information content (AvgIpc) is 2.43. The molecule has 0 amide bonds. The fourth-order valence-corrected chi connectivity index (χ4v) is 3.92. The maximum atomic E-state index is 12.3. The molecule has 7 heteroatoms. The fraction of sp³-hybridized carbons (Fsp3) is 0.0714. The Labute approximate surface area is 141 Å². The largest absolute Gasteiger partial charge is 0.279 e. The first-order valence-corrected chi connectivity index (χ1v) is 8.80. The summed E-state index contributed by atoms with van der Waals surface area (Å²) in [6, 6.07) is 13.2. The molecule has 0 heterocycles. The zero-order valence-electron chi connectivity index (χ0n) is 10.7. The van der Waals surface area contributed by atoms with Crippen LogP contribution in [0.4, 0.5) is 5.69 Å². The minimum atomic E-state index is -3.66. The first-order valence-electron chi connectivity index (χ1n) is 5.86. The predicted octanol–water partition coefficient (Wildman–Crippen LogP) is 3.81. The lowest BCUT2D eigenvalue weighted by Gasteiger charge is -2.10. The summed E-state index contributed by atoms with van der Waals surface area (Å²) in [7, 11) is -3.66. The second-order valence-electron chi connectivity index (χ2n) is 4.21. The van der Waals surface area contributed by atoms with Crippen molar-refractivity contribution >= 4 is 49.9 Å². The molecule has 2 aromatic rings. The number of sulfonamides is 1. The maximum absolute atomic E-state index is 12.3. The van der Waals surface area contributed by atoms with E-state index in [4.69, 9.17) is 16.9 Å². The summed E-state index contributed by atoms with van der Waals surface area (Å²) in [5.41, 5.74) is 1.25. The number of halogens is 2. The number of hydrogen-bond donors (Lipinski definition) is 1. The Bertz CT molecular complexity index is 799. The van der Waals surface area contributed by atoms with Gasteiger partial charge in [-0.1, -0.05) is 23.7 Å². The summed E-state index contributed by atoms with van der Waals surface area (Å²) in [4.78, 5) is 0.148. The van der Waals surface area contributed by atoms with Gasteiger partial charge in [0, 0.05) is 8.59 Å². The lowest BCUT2D eigenvalue weighted by atomic mass is 10.2. The van der Waals surface area contributed by atoms with Crippen molar-refractivity contribution < 1.29 is 8.42 Å². The SMILES string of the molecule is N#CCc1ccc(S(=O)(=O)Nc2ccc(Cl)cc2I)cc1. The molecule has 4 nitrogen and oxygen atoms in total. The van der Waals surface area contributed by atoms with Crippen LogP contribution in [0.25, 0.3) is 0 Å². The Kier molecular flexibility index (Phi) is 5.08. The first kappa shape index (κ1) is 16.1. The van der Waals surface area contributed by atoms with E-state index in [1.807, 2.05) is 28.7 Å². The van der Waals surface area contributed by atoms with Crippen LogP contribution >= 0.6 is 34.2 Å². The van der Waals surface area contributed by atoms with Gasteiger partial charge in [-0.25, -0.2) is 8.42 Å². The van der Waals surface area contributed by atoms with E-state index in [-0.39, 0.29) is 11.3 Å². The molecule has 0 spiro atoms. The van der Waals surface area contributed by atoms with Crippen LogP contribution in [0.5, 0.6) is 0 Å². The van der Waals surface area contributed by atoms with Crippen molar-refractivity contribution in [1.82, 2.24) is 0 Å². The van der Waals surface area contributed by atoms with Gasteiger partial charge >= 0.3 is 0 Å². The Morgan fingerprint density at radius 1 is 1.19 bits per heavy atom. The molecule has 0 unspecified atom stereocenters. The van der Waals surface area contributed by atoms with Gasteiger partial charge in [-0.15, -0.1) is 0 Å². The van der Waals surface area contributed by atoms with Crippen molar-refractivity contribution in [3.63, 3.8) is 0 Å². The molecule has 21 heavy (non-hydrogen) atoms. The van der Waals surface area contributed by atoms with Crippen molar-refractivity contribution in [3.8, 4) is 6.07 Å². The molecular formula is C14H10ClIN2O2S. The summed E-state index contributed by atoms with van der Waals surface area (Å²) in [5, 5.41) is 9.15. The molecule has 0 atom stereocenters. The Morgan fingerprint density at radius 2 is 1.86 bits per heavy atom. The van der Waals surface area contributed by atoms with Crippen molar-refractivity contribution in [2.75, 3.05) is 4.72 Å². The molecule has 0 aliphatic heterocycles. The highest BCUT2D eigenvalue weighted by Crippen LogP contribution is 2.25. The Balaban J connectivity index is 2.27. The molecule has 108 valence electrons. The summed E-state index contributed by atoms with van der Waals surface area (Å²) >= 11 is 7.86. The van der Waals surface area contributed by atoms with E-state index in [1.54, 1.807) is 30.3 Å². The van der Waals surface area contributed by atoms with Gasteiger partial charge in [0.2, 0.25) is 0 Å². The molecular weight excluding hydrogens is 423 g/mol. The summed E-state index contributed by atoms with van der Waals surface area (Å²) < 4.78 is 27.8. The van der Waals surface area contributed by atoms with Crippen LogP contribution in [-0.4, -0.2) is 8.42 Å². The third-order valence-corrected chi connectivity index (χ3v) is 5.20. The second kappa shape index (κ2) is 6.64. The Morgan fingerprint density at radius 3 is 2.43 bits per heavy atom. The van der Waals surface area contributed by atoms with Crippen molar-refractivity contribution in [2.45, 2.75) is 11.3 Å². The van der Waals surface area contributed by atoms with Gasteiger partial charge in [-0.2, -0.15) is 5.26 Å². The number of benzene rings is 2. The predicted molar refractivity (Wildman–Crippen MR) is 90.7 cm³/mol. The van der Waals surface area contributed by atoms with Gasteiger partial charge < -0.3 is 0 Å². The third-order valence-electron chi connectivity index (χ3n) is 2.69. The number of nitrogens with zero attached hydrogens (tertiary/aromatic N) is 1. The molecule has 1 N–H and O–H groups in total. The number of anilines is 1. The van der Waals surface area contributed by atoms with E-state index in [9.17, 15) is 8.42 Å². The zero-order chi connectivity index (χ0) is 15.5. The molecule has 2 rings (SSSR count). The van der Waals surface area contributed by atoms with E-state index < -0.39 is 10.0 Å². The Hall–Kier alpha value is -1.30. The molecule has 0 radical (unpaired) electrons. The molecule has 0 fully saturated rings. The normalized spacial score (nSPS) is 10.9. The van der Waals surface area contributed by atoms with E-state index in [0.29, 0.717) is 14.3 Å². The van der Waals surface area contributed by atoms with E-state index >= 15 is 0 Å². The first-order chi connectivity index (χ1) is 9.92. The van der Waals surface area contributed by atoms with Gasteiger partial charge in [0.15, 0.2) is 0 Å². The highest BCUT2D eigenvalue weighted by molar-refractivity contribution is 14.1. The second-order valence-corrected chi connectivity index (χ2v) is 7.49. The highest BCUT2D eigenvalue weighted by atomic mass is 127. The summed E-state index contributed by atoms with van der Waals surface area (Å²) in [5.74, 6) is 0. The van der Waals surface area contributed by atoms with Gasteiger partial charge in [0.1, 0.15) is 0 Å². The van der Waals surface area contributed by atoms with Crippen LogP contribution in [0.1, 0.15) is 5.56 Å². The van der Waals surface area contributed by atoms with Gasteiger partial charge in [0.05, 0.1) is 23.1 Å². The average molecular weight is 433 g/mol. The summed E-state index contributed by atoms with van der Waals surface area (Å²) in [6.45, 7) is 0. The maximum Gasteiger partial charge on any atom is 0.261 e. The smallest absolute Gasteiger partial charge is 0.261 e. The van der Waals surface area contributed by atoms with Crippen LogP contribution < -0.4 is 4.72 Å². The standard InChI is InChI=1S/C14H10ClIN2O2S/c15-11-3-6-14(13(16)9-11)18-21(19,20)12-4-1-10(2-5-12)7-8-17/h1-6,9,18H,7H2. The van der Waals surface area contributed by atoms with Gasteiger partial charge in [0.25, 0.3) is 10.0 Å². The monoisotopic (exact) mass is 432 g/mol. The van der Waals surface area contributed by atoms with E-state index in [1.165, 1.54) is 12.1 Å². The minimum Gasteiger partial charge on any atom is -0.279 e. The lowest BCUT2D eigenvalue weighted by Crippen LogP contribution is -2.13. The zero-order valence-corrected chi connectivity index (χ0v) is 14.4. The topological polar surface area (TPSA) is 70.0 Å². The molecule has 0 bridgehead atoms. The molecule has 0 saturated heterocycles. The van der Waals surface area contributed by atoms with Crippen LogP contribution in [0.2, 0.25) is 5.02 Å². The summed E-state index contributed by atoms with van der Waals surface area (Å²) in [6.07, 6.45) is 0.253. The van der Waals surface area contributed by atoms with Gasteiger partial charge in [-0.3, -0.25) is 4.72 Å². The van der Waals surface area contributed by atoms with Crippen molar-refractivity contribution in [1.29, 1.82) is 5.26 Å². The lowest BCUT2D eigenvalue weighted by molar-refractivity contribution is 0.601. The van der Waals surface area contributed by atoms with E-state index in [2.05, 4.69) is 4.72 Å². The number of nitrogens with one attached hydrogen (secondary N) is 1. The van der Waals surface area contributed by atoms with Crippen molar-refractivity contribution in [2.24, 2.45) is 0 Å². The number of hydrogen-bond acceptors (Lipinski definition) is 3. The molecule has 2 aromatic carbocycles. The third kappa shape index (κ3) is 4.09. The number of nitriles is 1.